The Labute approximate surface area is 148 Å². The van der Waals surface area contributed by atoms with Crippen LogP contribution in [0.25, 0.3) is 0 Å². The first kappa shape index (κ1) is 16.9. The maximum atomic E-state index is 4.65. The van der Waals surface area contributed by atoms with Gasteiger partial charge in [0.15, 0.2) is 5.82 Å². The Morgan fingerprint density at radius 1 is 0.920 bits per heavy atom. The fourth-order valence-corrected chi connectivity index (χ4v) is 2.59. The summed E-state index contributed by atoms with van der Waals surface area (Å²) < 4.78 is 0. The summed E-state index contributed by atoms with van der Waals surface area (Å²) in [7, 11) is 0. The zero-order valence-corrected chi connectivity index (χ0v) is 14.6. The summed E-state index contributed by atoms with van der Waals surface area (Å²) in [4.78, 5) is 6.87. The highest BCUT2D eigenvalue weighted by Crippen LogP contribution is 2.18. The van der Waals surface area contributed by atoms with Gasteiger partial charge in [-0.3, -0.25) is 0 Å². The van der Waals surface area contributed by atoms with Crippen molar-refractivity contribution in [2.45, 2.75) is 33.0 Å². The lowest BCUT2D eigenvalue weighted by molar-refractivity contribution is 0.667. The third kappa shape index (κ3) is 4.76. The molecule has 0 radical (unpaired) electrons. The minimum absolute atomic E-state index is 0.305. The highest BCUT2D eigenvalue weighted by atomic mass is 15.3. The summed E-state index contributed by atoms with van der Waals surface area (Å²) in [6, 6.07) is 20.9. The average Bonchev–Trinajstić information content (AvgIpc) is 2.66. The lowest BCUT2D eigenvalue weighted by atomic mass is 10.2. The van der Waals surface area contributed by atoms with Crippen molar-refractivity contribution in [3.63, 3.8) is 0 Å². The lowest BCUT2D eigenvalue weighted by Crippen LogP contribution is -2.31. The van der Waals surface area contributed by atoms with Crippen LogP contribution >= 0.6 is 0 Å². The number of nitrogens with zero attached hydrogens (tertiary/aromatic N) is 4. The second-order valence-electron chi connectivity index (χ2n) is 6.18. The Bertz CT molecular complexity index is 774. The SMILES string of the molecule is CC(C)N(Cc1ccccc1)c1cnnc(NCc2ccccc2)n1. The first-order valence-corrected chi connectivity index (χ1v) is 8.50. The van der Waals surface area contributed by atoms with E-state index in [-0.39, 0.29) is 0 Å². The largest absolute Gasteiger partial charge is 0.349 e. The van der Waals surface area contributed by atoms with Gasteiger partial charge in [0.1, 0.15) is 0 Å². The van der Waals surface area contributed by atoms with Crippen LogP contribution in [-0.4, -0.2) is 21.2 Å². The topological polar surface area (TPSA) is 53.9 Å². The first-order chi connectivity index (χ1) is 12.2. The quantitative estimate of drug-likeness (QED) is 0.711. The molecule has 0 spiro atoms. The van der Waals surface area contributed by atoms with Crippen LogP contribution in [0.15, 0.2) is 66.9 Å². The van der Waals surface area contributed by atoms with Crippen molar-refractivity contribution in [1.82, 2.24) is 15.2 Å². The molecule has 1 N–H and O–H groups in total. The molecule has 0 atom stereocenters. The number of benzene rings is 2. The summed E-state index contributed by atoms with van der Waals surface area (Å²) in [6.45, 7) is 5.77. The zero-order valence-electron chi connectivity index (χ0n) is 14.6. The maximum Gasteiger partial charge on any atom is 0.244 e. The second kappa shape index (κ2) is 8.24. The van der Waals surface area contributed by atoms with Crippen molar-refractivity contribution in [2.75, 3.05) is 10.2 Å². The fraction of sp³-hybridized carbons (Fsp3) is 0.250. The molecule has 0 saturated carbocycles. The predicted molar refractivity (Wildman–Crippen MR) is 101 cm³/mol. The van der Waals surface area contributed by atoms with Gasteiger partial charge in [-0.1, -0.05) is 60.7 Å². The Hall–Kier alpha value is -2.95. The van der Waals surface area contributed by atoms with E-state index >= 15 is 0 Å². The Morgan fingerprint density at radius 3 is 2.20 bits per heavy atom. The predicted octanol–water partition coefficient (Wildman–Crippen LogP) is 3.90. The van der Waals surface area contributed by atoms with E-state index in [1.54, 1.807) is 6.20 Å². The van der Waals surface area contributed by atoms with Gasteiger partial charge in [-0.2, -0.15) is 10.1 Å². The van der Waals surface area contributed by atoms with Crippen LogP contribution in [0.3, 0.4) is 0 Å². The molecule has 3 aromatic rings. The Balaban J connectivity index is 1.73. The van der Waals surface area contributed by atoms with E-state index in [9.17, 15) is 0 Å². The smallest absolute Gasteiger partial charge is 0.244 e. The van der Waals surface area contributed by atoms with Crippen molar-refractivity contribution < 1.29 is 0 Å². The van der Waals surface area contributed by atoms with Crippen LogP contribution in [0.2, 0.25) is 0 Å². The zero-order chi connectivity index (χ0) is 17.5. The molecule has 5 heteroatoms. The molecule has 128 valence electrons. The number of hydrogen-bond acceptors (Lipinski definition) is 5. The normalized spacial score (nSPS) is 10.7. The van der Waals surface area contributed by atoms with Crippen LogP contribution in [0.4, 0.5) is 11.8 Å². The lowest BCUT2D eigenvalue weighted by Gasteiger charge is -2.27. The van der Waals surface area contributed by atoms with Crippen LogP contribution in [0.1, 0.15) is 25.0 Å². The Kier molecular flexibility index (Phi) is 5.57. The Morgan fingerprint density at radius 2 is 1.56 bits per heavy atom. The molecule has 0 aliphatic rings. The molecule has 5 nitrogen and oxygen atoms in total. The molecule has 0 saturated heterocycles. The number of aromatic nitrogens is 3. The molecular weight excluding hydrogens is 310 g/mol. The van der Waals surface area contributed by atoms with Gasteiger partial charge >= 0.3 is 0 Å². The summed E-state index contributed by atoms with van der Waals surface area (Å²) >= 11 is 0. The third-order valence-corrected chi connectivity index (χ3v) is 3.95. The molecule has 0 fully saturated rings. The molecular formula is C20H23N5. The number of anilines is 2. The van der Waals surface area contributed by atoms with E-state index in [2.05, 4.69) is 75.6 Å². The van der Waals surface area contributed by atoms with Crippen molar-refractivity contribution in [2.24, 2.45) is 0 Å². The highest BCUT2D eigenvalue weighted by molar-refractivity contribution is 5.42. The average molecular weight is 333 g/mol. The molecule has 1 aromatic heterocycles. The molecule has 25 heavy (non-hydrogen) atoms. The summed E-state index contributed by atoms with van der Waals surface area (Å²) in [5.41, 5.74) is 2.43. The van der Waals surface area contributed by atoms with Crippen molar-refractivity contribution in [1.29, 1.82) is 0 Å². The van der Waals surface area contributed by atoms with Gasteiger partial charge in [0, 0.05) is 19.1 Å². The third-order valence-electron chi connectivity index (χ3n) is 3.95. The molecule has 0 aliphatic carbocycles. The van der Waals surface area contributed by atoms with E-state index in [4.69, 9.17) is 0 Å². The van der Waals surface area contributed by atoms with E-state index in [0.29, 0.717) is 18.5 Å². The second-order valence-corrected chi connectivity index (χ2v) is 6.18. The number of hydrogen-bond donors (Lipinski definition) is 1. The molecule has 1 heterocycles. The van der Waals surface area contributed by atoms with Gasteiger partial charge in [0.05, 0.1) is 6.20 Å². The van der Waals surface area contributed by atoms with Crippen LogP contribution in [0.5, 0.6) is 0 Å². The standard InChI is InChI=1S/C20H23N5/c1-16(2)25(15-18-11-7-4-8-12-18)19-14-22-24-20(23-19)21-13-17-9-5-3-6-10-17/h3-12,14,16H,13,15H2,1-2H3,(H,21,23,24). The maximum absolute atomic E-state index is 4.65. The molecule has 2 aromatic carbocycles. The van der Waals surface area contributed by atoms with Crippen molar-refractivity contribution >= 4 is 11.8 Å². The molecule has 0 amide bonds. The number of nitrogens with one attached hydrogen (secondary N) is 1. The van der Waals surface area contributed by atoms with Gasteiger partial charge in [0.25, 0.3) is 0 Å². The van der Waals surface area contributed by atoms with Crippen LogP contribution in [0, 0.1) is 0 Å². The van der Waals surface area contributed by atoms with Gasteiger partial charge in [-0.15, -0.1) is 5.10 Å². The fourth-order valence-electron chi connectivity index (χ4n) is 2.59. The van der Waals surface area contributed by atoms with E-state index in [0.717, 1.165) is 12.4 Å². The summed E-state index contributed by atoms with van der Waals surface area (Å²) in [6.07, 6.45) is 1.72. The van der Waals surface area contributed by atoms with E-state index in [1.165, 1.54) is 11.1 Å². The summed E-state index contributed by atoms with van der Waals surface area (Å²) in [5, 5.41) is 11.5. The molecule has 0 unspecified atom stereocenters. The van der Waals surface area contributed by atoms with Crippen LogP contribution in [-0.2, 0) is 13.1 Å². The van der Waals surface area contributed by atoms with Crippen molar-refractivity contribution in [3.05, 3.63) is 78.0 Å². The van der Waals surface area contributed by atoms with Gasteiger partial charge < -0.3 is 10.2 Å². The molecule has 3 rings (SSSR count). The minimum atomic E-state index is 0.305. The van der Waals surface area contributed by atoms with Gasteiger partial charge in [0.2, 0.25) is 5.95 Å². The van der Waals surface area contributed by atoms with Crippen LogP contribution < -0.4 is 10.2 Å². The van der Waals surface area contributed by atoms with Gasteiger partial charge in [-0.25, -0.2) is 0 Å². The highest BCUT2D eigenvalue weighted by Gasteiger charge is 2.14. The number of rotatable bonds is 7. The molecule has 0 aliphatic heterocycles. The first-order valence-electron chi connectivity index (χ1n) is 8.50. The minimum Gasteiger partial charge on any atom is -0.349 e. The van der Waals surface area contributed by atoms with E-state index in [1.807, 2.05) is 24.3 Å². The van der Waals surface area contributed by atoms with Crippen molar-refractivity contribution in [3.8, 4) is 0 Å². The summed E-state index contributed by atoms with van der Waals surface area (Å²) in [5.74, 6) is 1.37. The monoisotopic (exact) mass is 333 g/mol. The molecule has 0 bridgehead atoms. The van der Waals surface area contributed by atoms with E-state index < -0.39 is 0 Å². The van der Waals surface area contributed by atoms with Gasteiger partial charge in [-0.05, 0) is 25.0 Å².